The predicted octanol–water partition coefficient (Wildman–Crippen LogP) is 3.01. The average Bonchev–Trinajstić information content (AvgIpc) is 2.16. The van der Waals surface area contributed by atoms with Crippen LogP contribution >= 0.6 is 0 Å². The SMILES string of the molecule is CCOCCCCCCCOCC. The summed E-state index contributed by atoms with van der Waals surface area (Å²) in [6, 6.07) is 0. The molecule has 0 aromatic rings. The Morgan fingerprint density at radius 3 is 1.38 bits per heavy atom. The lowest BCUT2D eigenvalue weighted by Crippen LogP contribution is -1.95. The average molecular weight is 188 g/mol. The summed E-state index contributed by atoms with van der Waals surface area (Å²) >= 11 is 0. The van der Waals surface area contributed by atoms with Gasteiger partial charge < -0.3 is 9.47 Å². The van der Waals surface area contributed by atoms with Crippen LogP contribution in [0.3, 0.4) is 0 Å². The van der Waals surface area contributed by atoms with Crippen LogP contribution in [0, 0.1) is 0 Å². The lowest BCUT2D eigenvalue weighted by Gasteiger charge is -2.02. The highest BCUT2D eigenvalue weighted by atomic mass is 16.5. The van der Waals surface area contributed by atoms with Crippen molar-refractivity contribution in [2.24, 2.45) is 0 Å². The molecule has 0 saturated heterocycles. The molecule has 2 heteroatoms. The number of hydrogen-bond donors (Lipinski definition) is 0. The quantitative estimate of drug-likeness (QED) is 0.491. The first-order chi connectivity index (χ1) is 6.41. The molecule has 13 heavy (non-hydrogen) atoms. The maximum Gasteiger partial charge on any atom is 0.0465 e. The zero-order chi connectivity index (χ0) is 9.78. The molecule has 0 aliphatic carbocycles. The van der Waals surface area contributed by atoms with Crippen molar-refractivity contribution >= 4 is 0 Å². The first kappa shape index (κ1) is 12.9. The van der Waals surface area contributed by atoms with Crippen molar-refractivity contribution in [3.05, 3.63) is 0 Å². The van der Waals surface area contributed by atoms with E-state index >= 15 is 0 Å². The van der Waals surface area contributed by atoms with Crippen molar-refractivity contribution in [2.75, 3.05) is 26.4 Å². The zero-order valence-corrected chi connectivity index (χ0v) is 9.18. The Hall–Kier alpha value is -0.0800. The Morgan fingerprint density at radius 2 is 1.00 bits per heavy atom. The molecule has 80 valence electrons. The third-order valence-electron chi connectivity index (χ3n) is 1.99. The molecule has 0 aliphatic heterocycles. The number of ether oxygens (including phenoxy) is 2. The highest BCUT2D eigenvalue weighted by Gasteiger charge is 1.90. The zero-order valence-electron chi connectivity index (χ0n) is 9.18. The van der Waals surface area contributed by atoms with Crippen LogP contribution in [0.1, 0.15) is 46.0 Å². The minimum atomic E-state index is 0.852. The Labute approximate surface area is 82.6 Å². The second-order valence-corrected chi connectivity index (χ2v) is 3.16. The Kier molecular flexibility index (Phi) is 11.8. The van der Waals surface area contributed by atoms with Gasteiger partial charge in [0.2, 0.25) is 0 Å². The van der Waals surface area contributed by atoms with E-state index in [1.807, 2.05) is 13.8 Å². The fourth-order valence-electron chi connectivity index (χ4n) is 1.23. The van der Waals surface area contributed by atoms with Gasteiger partial charge in [-0.25, -0.2) is 0 Å². The molecule has 0 aliphatic rings. The monoisotopic (exact) mass is 188 g/mol. The smallest absolute Gasteiger partial charge is 0.0465 e. The number of hydrogen-bond acceptors (Lipinski definition) is 2. The van der Waals surface area contributed by atoms with Crippen LogP contribution in [0.15, 0.2) is 0 Å². The summed E-state index contributed by atoms with van der Waals surface area (Å²) in [5.74, 6) is 0. The highest BCUT2D eigenvalue weighted by Crippen LogP contribution is 2.03. The molecule has 2 nitrogen and oxygen atoms in total. The Bertz CT molecular complexity index is 74.2. The minimum absolute atomic E-state index is 0.852. The van der Waals surface area contributed by atoms with Crippen LogP contribution in [0.2, 0.25) is 0 Å². The molecule has 0 fully saturated rings. The van der Waals surface area contributed by atoms with Gasteiger partial charge >= 0.3 is 0 Å². The fraction of sp³-hybridized carbons (Fsp3) is 1.00. The molecule has 0 aromatic carbocycles. The van der Waals surface area contributed by atoms with Crippen molar-refractivity contribution < 1.29 is 9.47 Å². The van der Waals surface area contributed by atoms with Crippen LogP contribution in [-0.4, -0.2) is 26.4 Å². The fourth-order valence-corrected chi connectivity index (χ4v) is 1.23. The second kappa shape index (κ2) is 11.9. The summed E-state index contributed by atoms with van der Waals surface area (Å²) < 4.78 is 10.5. The summed E-state index contributed by atoms with van der Waals surface area (Å²) in [6.45, 7) is 7.66. The molecular formula is C11H24O2. The van der Waals surface area contributed by atoms with Crippen LogP contribution in [0.25, 0.3) is 0 Å². The van der Waals surface area contributed by atoms with E-state index in [0.717, 1.165) is 26.4 Å². The van der Waals surface area contributed by atoms with Gasteiger partial charge in [0.1, 0.15) is 0 Å². The maximum absolute atomic E-state index is 5.25. The first-order valence-corrected chi connectivity index (χ1v) is 5.57. The first-order valence-electron chi connectivity index (χ1n) is 5.57. The molecule has 0 saturated carbocycles. The van der Waals surface area contributed by atoms with E-state index in [0.29, 0.717) is 0 Å². The topological polar surface area (TPSA) is 18.5 Å². The molecule has 0 radical (unpaired) electrons. The summed E-state index contributed by atoms with van der Waals surface area (Å²) in [5.41, 5.74) is 0. The maximum atomic E-state index is 5.25. The molecule has 0 rings (SSSR count). The van der Waals surface area contributed by atoms with E-state index in [-0.39, 0.29) is 0 Å². The molecule has 0 aromatic heterocycles. The van der Waals surface area contributed by atoms with Crippen LogP contribution in [0.5, 0.6) is 0 Å². The van der Waals surface area contributed by atoms with Gasteiger partial charge in [0.25, 0.3) is 0 Å². The normalized spacial score (nSPS) is 10.6. The van der Waals surface area contributed by atoms with Gasteiger partial charge in [-0.15, -0.1) is 0 Å². The molecule has 0 bridgehead atoms. The van der Waals surface area contributed by atoms with Gasteiger partial charge in [-0.2, -0.15) is 0 Å². The Balaban J connectivity index is 2.76. The van der Waals surface area contributed by atoms with E-state index in [4.69, 9.17) is 9.47 Å². The van der Waals surface area contributed by atoms with Crippen LogP contribution in [-0.2, 0) is 9.47 Å². The third-order valence-corrected chi connectivity index (χ3v) is 1.99. The van der Waals surface area contributed by atoms with E-state index in [2.05, 4.69) is 0 Å². The van der Waals surface area contributed by atoms with E-state index in [1.165, 1.54) is 32.1 Å². The lowest BCUT2D eigenvalue weighted by molar-refractivity contribution is 0.138. The molecule has 0 spiro atoms. The van der Waals surface area contributed by atoms with Gasteiger partial charge in [-0.1, -0.05) is 19.3 Å². The minimum Gasteiger partial charge on any atom is -0.382 e. The van der Waals surface area contributed by atoms with Crippen LogP contribution in [0.4, 0.5) is 0 Å². The predicted molar refractivity (Wildman–Crippen MR) is 56.1 cm³/mol. The third kappa shape index (κ3) is 11.9. The highest BCUT2D eigenvalue weighted by molar-refractivity contribution is 4.43. The van der Waals surface area contributed by atoms with Gasteiger partial charge in [0.05, 0.1) is 0 Å². The van der Waals surface area contributed by atoms with Crippen molar-refractivity contribution in [3.63, 3.8) is 0 Å². The largest absolute Gasteiger partial charge is 0.382 e. The van der Waals surface area contributed by atoms with Crippen molar-refractivity contribution in [3.8, 4) is 0 Å². The molecular weight excluding hydrogens is 164 g/mol. The van der Waals surface area contributed by atoms with Crippen molar-refractivity contribution in [2.45, 2.75) is 46.0 Å². The molecule has 0 heterocycles. The number of unbranched alkanes of at least 4 members (excludes halogenated alkanes) is 4. The molecule has 0 unspecified atom stereocenters. The molecule has 0 amide bonds. The standard InChI is InChI=1S/C11H24O2/c1-3-12-10-8-6-5-7-9-11-13-4-2/h3-11H2,1-2H3. The Morgan fingerprint density at radius 1 is 0.615 bits per heavy atom. The number of rotatable bonds is 10. The van der Waals surface area contributed by atoms with Crippen molar-refractivity contribution in [1.82, 2.24) is 0 Å². The van der Waals surface area contributed by atoms with Crippen molar-refractivity contribution in [1.29, 1.82) is 0 Å². The van der Waals surface area contributed by atoms with Gasteiger partial charge in [-0.3, -0.25) is 0 Å². The molecule has 0 atom stereocenters. The lowest BCUT2D eigenvalue weighted by atomic mass is 10.1. The summed E-state index contributed by atoms with van der Waals surface area (Å²) in [6.07, 6.45) is 6.34. The summed E-state index contributed by atoms with van der Waals surface area (Å²) in [5, 5.41) is 0. The summed E-state index contributed by atoms with van der Waals surface area (Å²) in [7, 11) is 0. The van der Waals surface area contributed by atoms with Gasteiger partial charge in [0, 0.05) is 26.4 Å². The second-order valence-electron chi connectivity index (χ2n) is 3.16. The van der Waals surface area contributed by atoms with Gasteiger partial charge in [-0.05, 0) is 26.7 Å². The molecule has 0 N–H and O–H groups in total. The van der Waals surface area contributed by atoms with E-state index in [9.17, 15) is 0 Å². The van der Waals surface area contributed by atoms with E-state index in [1.54, 1.807) is 0 Å². The van der Waals surface area contributed by atoms with Gasteiger partial charge in [0.15, 0.2) is 0 Å². The van der Waals surface area contributed by atoms with Crippen LogP contribution < -0.4 is 0 Å². The van der Waals surface area contributed by atoms with E-state index < -0.39 is 0 Å². The summed E-state index contributed by atoms with van der Waals surface area (Å²) in [4.78, 5) is 0.